The van der Waals surface area contributed by atoms with E-state index in [1.165, 1.54) is 61.4 Å². The van der Waals surface area contributed by atoms with Crippen molar-refractivity contribution in [3.63, 3.8) is 0 Å². The van der Waals surface area contributed by atoms with Crippen LogP contribution < -0.4 is 0 Å². The van der Waals surface area contributed by atoms with Gasteiger partial charge in [0.15, 0.2) is 0 Å². The quantitative estimate of drug-likeness (QED) is 0.361. The summed E-state index contributed by atoms with van der Waals surface area (Å²) in [6.07, 6.45) is 6.00. The molecule has 0 N–H and O–H groups in total. The number of aromatic nitrogens is 1. The summed E-state index contributed by atoms with van der Waals surface area (Å²) in [5.74, 6) is 0. The molecule has 0 saturated heterocycles. The van der Waals surface area contributed by atoms with Gasteiger partial charge in [0, 0.05) is 16.0 Å². The molecule has 0 fully saturated rings. The highest BCUT2D eigenvalue weighted by molar-refractivity contribution is 7.19. The highest BCUT2D eigenvalue weighted by atomic mass is 32.1. The van der Waals surface area contributed by atoms with E-state index in [1.807, 2.05) is 17.4 Å². The molecule has 2 aromatic heterocycles. The van der Waals surface area contributed by atoms with Crippen LogP contribution in [0.3, 0.4) is 0 Å². The van der Waals surface area contributed by atoms with Gasteiger partial charge in [-0.05, 0) is 73.3 Å². The van der Waals surface area contributed by atoms with E-state index in [1.54, 1.807) is 0 Å². The SMILES string of the molecule is Cc1ccc(-c2c3c(nc4sc5c(c24)CCC5)CC[C@@](C#N)(c2ccccc2)C3)cc1. The van der Waals surface area contributed by atoms with Gasteiger partial charge in [-0.15, -0.1) is 11.3 Å². The maximum atomic E-state index is 10.4. The molecule has 2 aliphatic rings. The predicted molar refractivity (Wildman–Crippen MR) is 128 cm³/mol. The molecule has 3 heteroatoms. The van der Waals surface area contributed by atoms with Crippen LogP contribution in [-0.2, 0) is 31.1 Å². The summed E-state index contributed by atoms with van der Waals surface area (Å²) in [6.45, 7) is 2.14. The Labute approximate surface area is 187 Å². The summed E-state index contributed by atoms with van der Waals surface area (Å²) in [5, 5.41) is 11.7. The first-order chi connectivity index (χ1) is 15.2. The fraction of sp³-hybridized carbons (Fsp3) is 0.286. The van der Waals surface area contributed by atoms with E-state index >= 15 is 0 Å². The number of benzene rings is 2. The van der Waals surface area contributed by atoms with Crippen LogP contribution in [0.1, 0.15) is 45.7 Å². The highest BCUT2D eigenvalue weighted by Gasteiger charge is 2.39. The fourth-order valence-corrected chi connectivity index (χ4v) is 6.82. The third-order valence-electron chi connectivity index (χ3n) is 7.19. The first-order valence-electron chi connectivity index (χ1n) is 11.2. The molecule has 4 aromatic rings. The van der Waals surface area contributed by atoms with E-state index in [2.05, 4.69) is 61.5 Å². The number of aryl methyl sites for hydroxylation is 4. The first kappa shape index (κ1) is 18.8. The summed E-state index contributed by atoms with van der Waals surface area (Å²) in [5.41, 5.74) is 8.53. The summed E-state index contributed by atoms with van der Waals surface area (Å²) in [7, 11) is 0. The minimum Gasteiger partial charge on any atom is -0.242 e. The standard InChI is InChI=1S/C28H24N2S/c1-18-10-12-19(13-11-18)25-22-16-28(17-29,20-6-3-2-4-7-20)15-14-23(22)30-27-26(25)21-8-5-9-24(21)31-27/h2-4,6-7,10-13H,5,8-9,14-16H2,1H3/t28-/m1/s1. The van der Waals surface area contributed by atoms with E-state index in [-0.39, 0.29) is 0 Å². The van der Waals surface area contributed by atoms with E-state index < -0.39 is 5.41 Å². The molecule has 0 saturated carbocycles. The van der Waals surface area contributed by atoms with Crippen LogP contribution in [0.4, 0.5) is 0 Å². The minimum absolute atomic E-state index is 0.484. The van der Waals surface area contributed by atoms with Crippen molar-refractivity contribution in [2.75, 3.05) is 0 Å². The Hall–Kier alpha value is -2.96. The Morgan fingerprint density at radius 3 is 2.55 bits per heavy atom. The molecule has 31 heavy (non-hydrogen) atoms. The highest BCUT2D eigenvalue weighted by Crippen LogP contribution is 2.48. The van der Waals surface area contributed by atoms with Crippen LogP contribution >= 0.6 is 11.3 Å². The molecule has 152 valence electrons. The van der Waals surface area contributed by atoms with E-state index in [0.29, 0.717) is 0 Å². The van der Waals surface area contributed by atoms with Gasteiger partial charge >= 0.3 is 0 Å². The summed E-state index contributed by atoms with van der Waals surface area (Å²) >= 11 is 1.90. The number of hydrogen-bond donors (Lipinski definition) is 0. The topological polar surface area (TPSA) is 36.7 Å². The maximum Gasteiger partial charge on any atom is 0.124 e. The van der Waals surface area contributed by atoms with Gasteiger partial charge < -0.3 is 0 Å². The van der Waals surface area contributed by atoms with Crippen molar-refractivity contribution >= 4 is 21.6 Å². The Bertz CT molecular complexity index is 1340. The average molecular weight is 421 g/mol. The van der Waals surface area contributed by atoms with Crippen molar-refractivity contribution in [3.05, 3.63) is 87.4 Å². The molecular formula is C28H24N2S. The van der Waals surface area contributed by atoms with Crippen molar-refractivity contribution in [2.45, 2.75) is 50.9 Å². The molecule has 2 heterocycles. The molecule has 0 bridgehead atoms. The molecule has 6 rings (SSSR count). The van der Waals surface area contributed by atoms with Crippen molar-refractivity contribution < 1.29 is 0 Å². The van der Waals surface area contributed by atoms with E-state index in [9.17, 15) is 5.26 Å². The molecule has 2 aromatic carbocycles. The lowest BCUT2D eigenvalue weighted by atomic mass is 9.68. The molecule has 1 atom stereocenters. The lowest BCUT2D eigenvalue weighted by molar-refractivity contribution is 0.468. The van der Waals surface area contributed by atoms with Crippen LogP contribution in [0.15, 0.2) is 54.6 Å². The van der Waals surface area contributed by atoms with Crippen LogP contribution in [0, 0.1) is 18.3 Å². The summed E-state index contributed by atoms with van der Waals surface area (Å²) in [4.78, 5) is 7.90. The normalized spacial score (nSPS) is 19.7. The lowest BCUT2D eigenvalue weighted by Gasteiger charge is -2.34. The molecule has 0 unspecified atom stereocenters. The van der Waals surface area contributed by atoms with Crippen LogP contribution in [-0.4, -0.2) is 4.98 Å². The average Bonchev–Trinajstić information content (AvgIpc) is 3.40. The first-order valence-corrected chi connectivity index (χ1v) is 12.0. The zero-order chi connectivity index (χ0) is 21.0. The van der Waals surface area contributed by atoms with Gasteiger partial charge in [0.05, 0.1) is 11.5 Å². The number of nitriles is 1. The smallest absolute Gasteiger partial charge is 0.124 e. The van der Waals surface area contributed by atoms with E-state index in [0.717, 1.165) is 31.2 Å². The van der Waals surface area contributed by atoms with Gasteiger partial charge in [0.25, 0.3) is 0 Å². The lowest BCUT2D eigenvalue weighted by Crippen LogP contribution is -2.32. The second-order valence-corrected chi connectivity index (χ2v) is 10.1. The van der Waals surface area contributed by atoms with Crippen molar-refractivity contribution in [1.29, 1.82) is 5.26 Å². The number of rotatable bonds is 2. The third kappa shape index (κ3) is 2.86. The second kappa shape index (κ2) is 7.04. The van der Waals surface area contributed by atoms with Gasteiger partial charge in [0.1, 0.15) is 4.83 Å². The van der Waals surface area contributed by atoms with Crippen molar-refractivity contribution in [1.82, 2.24) is 4.98 Å². The second-order valence-electron chi connectivity index (χ2n) is 9.05. The largest absolute Gasteiger partial charge is 0.242 e. The summed E-state index contributed by atoms with van der Waals surface area (Å²) < 4.78 is 0. The molecule has 0 spiro atoms. The molecule has 0 radical (unpaired) electrons. The Kier molecular flexibility index (Phi) is 4.26. The molecule has 0 aliphatic heterocycles. The van der Waals surface area contributed by atoms with Gasteiger partial charge in [-0.3, -0.25) is 0 Å². The fourth-order valence-electron chi connectivity index (χ4n) is 5.53. The third-order valence-corrected chi connectivity index (χ3v) is 8.37. The van der Waals surface area contributed by atoms with Gasteiger partial charge in [-0.1, -0.05) is 60.2 Å². The van der Waals surface area contributed by atoms with Crippen LogP contribution in [0.5, 0.6) is 0 Å². The number of thiophene rings is 1. The molecular weight excluding hydrogens is 396 g/mol. The molecule has 2 aliphatic carbocycles. The Morgan fingerprint density at radius 2 is 1.77 bits per heavy atom. The van der Waals surface area contributed by atoms with Crippen LogP contribution in [0.2, 0.25) is 0 Å². The number of pyridine rings is 1. The van der Waals surface area contributed by atoms with Crippen molar-refractivity contribution in [2.24, 2.45) is 0 Å². The van der Waals surface area contributed by atoms with Gasteiger partial charge in [-0.2, -0.15) is 5.26 Å². The number of fused-ring (bicyclic) bond motifs is 4. The van der Waals surface area contributed by atoms with E-state index in [4.69, 9.17) is 4.98 Å². The number of nitrogens with zero attached hydrogens (tertiary/aromatic N) is 2. The maximum absolute atomic E-state index is 10.4. The monoisotopic (exact) mass is 420 g/mol. The summed E-state index contributed by atoms with van der Waals surface area (Å²) in [6, 6.07) is 22.0. The predicted octanol–water partition coefficient (Wildman–Crippen LogP) is 6.71. The zero-order valence-corrected chi connectivity index (χ0v) is 18.6. The molecule has 0 amide bonds. The van der Waals surface area contributed by atoms with Gasteiger partial charge in [-0.25, -0.2) is 4.98 Å². The van der Waals surface area contributed by atoms with Crippen molar-refractivity contribution in [3.8, 4) is 17.2 Å². The molecule has 2 nitrogen and oxygen atoms in total. The Balaban J connectivity index is 1.64. The Morgan fingerprint density at radius 1 is 0.968 bits per heavy atom. The number of hydrogen-bond acceptors (Lipinski definition) is 3. The zero-order valence-electron chi connectivity index (χ0n) is 17.7. The minimum atomic E-state index is -0.484. The van der Waals surface area contributed by atoms with Crippen LogP contribution in [0.25, 0.3) is 21.3 Å². The van der Waals surface area contributed by atoms with Gasteiger partial charge in [0.2, 0.25) is 0 Å².